The molecule has 2 N–H and O–H groups in total. The Morgan fingerprint density at radius 1 is 0.739 bits per heavy atom. The van der Waals surface area contributed by atoms with Crippen molar-refractivity contribution in [3.8, 4) is 11.5 Å². The normalized spacial score (nSPS) is 12.4. The second-order valence-electron chi connectivity index (χ2n) is 7.91. The molecule has 0 aliphatic heterocycles. The average Bonchev–Trinajstić information content (AvgIpc) is 2.42. The van der Waals surface area contributed by atoms with E-state index in [2.05, 4.69) is 20.8 Å². The third kappa shape index (κ3) is 3.84. The molecule has 0 aliphatic carbocycles. The van der Waals surface area contributed by atoms with Gasteiger partial charge in [0.05, 0.1) is 4.90 Å². The lowest BCUT2D eigenvalue weighted by molar-refractivity contribution is 0.376. The molecule has 2 nitrogen and oxygen atoms in total. The van der Waals surface area contributed by atoms with Crippen LogP contribution in [0.15, 0.2) is 46.2 Å². The van der Waals surface area contributed by atoms with Crippen LogP contribution < -0.4 is 0 Å². The molecule has 0 spiro atoms. The summed E-state index contributed by atoms with van der Waals surface area (Å²) in [4.78, 5) is 1.77. The first-order valence-corrected chi connectivity index (χ1v) is 8.66. The van der Waals surface area contributed by atoms with Gasteiger partial charge in [-0.05, 0) is 34.6 Å². The van der Waals surface area contributed by atoms with Gasteiger partial charge in [-0.1, -0.05) is 71.5 Å². The molecule has 0 unspecified atom stereocenters. The molecule has 2 rings (SSSR count). The van der Waals surface area contributed by atoms with E-state index in [4.69, 9.17) is 0 Å². The lowest BCUT2D eigenvalue weighted by Gasteiger charge is -2.29. The Kier molecular flexibility index (Phi) is 4.72. The van der Waals surface area contributed by atoms with Gasteiger partial charge in [0.25, 0.3) is 0 Å². The summed E-state index contributed by atoms with van der Waals surface area (Å²) in [6, 6.07) is 12.0. The van der Waals surface area contributed by atoms with Gasteiger partial charge in [-0.25, -0.2) is 0 Å². The smallest absolute Gasteiger partial charge is 0.172 e. The maximum absolute atomic E-state index is 10.7. The molecule has 2 aromatic carbocycles. The van der Waals surface area contributed by atoms with Crippen molar-refractivity contribution in [3.05, 3.63) is 47.5 Å². The van der Waals surface area contributed by atoms with Gasteiger partial charge in [-0.3, -0.25) is 0 Å². The molecule has 2 aromatic rings. The minimum absolute atomic E-state index is 0.0102. The van der Waals surface area contributed by atoms with E-state index in [9.17, 15) is 10.2 Å². The van der Waals surface area contributed by atoms with Crippen molar-refractivity contribution in [1.82, 2.24) is 0 Å². The van der Waals surface area contributed by atoms with Crippen molar-refractivity contribution >= 4 is 11.8 Å². The van der Waals surface area contributed by atoms with E-state index in [1.165, 1.54) is 11.8 Å². The fourth-order valence-electron chi connectivity index (χ4n) is 2.48. The molecule has 23 heavy (non-hydrogen) atoms. The van der Waals surface area contributed by atoms with Crippen LogP contribution in [0.2, 0.25) is 0 Å². The Morgan fingerprint density at radius 3 is 1.74 bits per heavy atom. The summed E-state index contributed by atoms with van der Waals surface area (Å²) in [6.07, 6.45) is 0. The van der Waals surface area contributed by atoms with E-state index >= 15 is 0 Å². The molecule has 0 atom stereocenters. The summed E-state index contributed by atoms with van der Waals surface area (Å²) >= 11 is 1.49. The van der Waals surface area contributed by atoms with Gasteiger partial charge in [0.1, 0.15) is 0 Å². The van der Waals surface area contributed by atoms with Gasteiger partial charge in [0, 0.05) is 10.5 Å². The lowest BCUT2D eigenvalue weighted by atomic mass is 9.80. The zero-order valence-corrected chi connectivity index (χ0v) is 15.6. The highest BCUT2D eigenvalue weighted by Crippen LogP contribution is 2.49. The first kappa shape index (κ1) is 17.7. The third-order valence-corrected chi connectivity index (χ3v) is 4.93. The third-order valence-electron chi connectivity index (χ3n) is 3.81. The number of aromatic hydroxyl groups is 2. The lowest BCUT2D eigenvalue weighted by Crippen LogP contribution is -2.17. The van der Waals surface area contributed by atoms with E-state index in [0.29, 0.717) is 0 Å². The molecule has 0 radical (unpaired) electrons. The maximum atomic E-state index is 10.7. The van der Waals surface area contributed by atoms with Crippen molar-refractivity contribution in [2.75, 3.05) is 0 Å². The predicted octanol–water partition coefficient (Wildman–Crippen LogP) is 5.84. The van der Waals surface area contributed by atoms with Crippen LogP contribution in [0.4, 0.5) is 0 Å². The minimum Gasteiger partial charge on any atom is -0.504 e. The van der Waals surface area contributed by atoms with Crippen molar-refractivity contribution < 1.29 is 10.2 Å². The molecule has 0 aromatic heterocycles. The standard InChI is InChI=1S/C20H26O2S/c1-19(2,3)14-12-15(20(4,5)6)18(17(22)16(14)21)23-13-10-8-7-9-11-13/h7-12,21-22H,1-6H3. The Bertz CT molecular complexity index is 692. The highest BCUT2D eigenvalue weighted by molar-refractivity contribution is 7.99. The summed E-state index contributed by atoms with van der Waals surface area (Å²) < 4.78 is 0. The minimum atomic E-state index is -0.239. The average molecular weight is 330 g/mol. The number of rotatable bonds is 2. The van der Waals surface area contributed by atoms with E-state index in [1.54, 1.807) is 0 Å². The summed E-state index contributed by atoms with van der Waals surface area (Å²) in [7, 11) is 0. The number of hydrogen-bond donors (Lipinski definition) is 2. The Labute approximate surface area is 143 Å². The molecule has 124 valence electrons. The van der Waals surface area contributed by atoms with Crippen LogP contribution in [-0.4, -0.2) is 10.2 Å². The molecule has 0 saturated heterocycles. The number of phenols is 2. The fraction of sp³-hybridized carbons (Fsp3) is 0.400. The molecule has 3 heteroatoms. The Hall–Kier alpha value is -1.61. The summed E-state index contributed by atoms with van der Waals surface area (Å²) in [5, 5.41) is 21.2. The SMILES string of the molecule is CC(C)(C)c1cc(C(C)(C)C)c(Sc2ccccc2)c(O)c1O. The van der Waals surface area contributed by atoms with Gasteiger partial charge in [-0.2, -0.15) is 0 Å². The highest BCUT2D eigenvalue weighted by atomic mass is 32.2. The van der Waals surface area contributed by atoms with Gasteiger partial charge in [0.2, 0.25) is 0 Å². The molecular weight excluding hydrogens is 304 g/mol. The first-order valence-electron chi connectivity index (χ1n) is 7.84. The van der Waals surface area contributed by atoms with Gasteiger partial charge in [0.15, 0.2) is 11.5 Å². The number of phenolic OH excluding ortho intramolecular Hbond substituents is 2. The van der Waals surface area contributed by atoms with Crippen LogP contribution in [0, 0.1) is 0 Å². The van der Waals surface area contributed by atoms with Crippen molar-refractivity contribution in [2.45, 2.75) is 62.2 Å². The Balaban J connectivity index is 2.68. The number of benzene rings is 2. The van der Waals surface area contributed by atoms with Crippen LogP contribution in [0.5, 0.6) is 11.5 Å². The fourth-order valence-corrected chi connectivity index (χ4v) is 3.68. The quantitative estimate of drug-likeness (QED) is 0.679. The summed E-state index contributed by atoms with van der Waals surface area (Å²) in [6.45, 7) is 12.5. The molecule has 0 saturated carbocycles. The van der Waals surface area contributed by atoms with Crippen molar-refractivity contribution in [1.29, 1.82) is 0 Å². The molecule has 0 fully saturated rings. The molecule has 0 bridgehead atoms. The van der Waals surface area contributed by atoms with Crippen LogP contribution >= 0.6 is 11.8 Å². The summed E-state index contributed by atoms with van der Waals surface area (Å²) in [5.41, 5.74) is 1.45. The highest BCUT2D eigenvalue weighted by Gasteiger charge is 2.29. The Morgan fingerprint density at radius 2 is 1.26 bits per heavy atom. The predicted molar refractivity (Wildman–Crippen MR) is 97.7 cm³/mol. The zero-order chi connectivity index (χ0) is 17.4. The molecule has 0 aliphatic rings. The largest absolute Gasteiger partial charge is 0.504 e. The van der Waals surface area contributed by atoms with Gasteiger partial charge >= 0.3 is 0 Å². The monoisotopic (exact) mass is 330 g/mol. The first-order chi connectivity index (χ1) is 10.5. The topological polar surface area (TPSA) is 40.5 Å². The van der Waals surface area contributed by atoms with E-state index in [-0.39, 0.29) is 22.3 Å². The second-order valence-corrected chi connectivity index (χ2v) is 9.00. The molecular formula is C20H26O2S. The van der Waals surface area contributed by atoms with E-state index in [0.717, 1.165) is 20.9 Å². The van der Waals surface area contributed by atoms with E-state index < -0.39 is 0 Å². The van der Waals surface area contributed by atoms with Crippen LogP contribution in [0.3, 0.4) is 0 Å². The van der Waals surface area contributed by atoms with Crippen LogP contribution in [0.25, 0.3) is 0 Å². The van der Waals surface area contributed by atoms with Gasteiger partial charge < -0.3 is 10.2 Å². The van der Waals surface area contributed by atoms with Crippen molar-refractivity contribution in [2.24, 2.45) is 0 Å². The summed E-state index contributed by atoms with van der Waals surface area (Å²) in [5.74, 6) is -0.0277. The zero-order valence-electron chi connectivity index (χ0n) is 14.8. The van der Waals surface area contributed by atoms with Crippen LogP contribution in [0.1, 0.15) is 52.7 Å². The molecule has 0 heterocycles. The molecule has 0 amide bonds. The maximum Gasteiger partial charge on any atom is 0.172 e. The van der Waals surface area contributed by atoms with E-state index in [1.807, 2.05) is 57.2 Å². The second kappa shape index (κ2) is 6.12. The van der Waals surface area contributed by atoms with Crippen molar-refractivity contribution in [3.63, 3.8) is 0 Å². The van der Waals surface area contributed by atoms with Crippen LogP contribution in [-0.2, 0) is 10.8 Å². The van der Waals surface area contributed by atoms with Gasteiger partial charge in [-0.15, -0.1) is 0 Å². The number of hydrogen-bond acceptors (Lipinski definition) is 3.